The molecule has 122 valence electrons. The Morgan fingerprint density at radius 2 is 2.00 bits per heavy atom. The van der Waals surface area contributed by atoms with Crippen molar-refractivity contribution in [1.82, 2.24) is 5.32 Å². The number of aliphatic carboxylic acids is 1. The summed E-state index contributed by atoms with van der Waals surface area (Å²) in [4.78, 5) is 23.8. The third-order valence-electron chi connectivity index (χ3n) is 5.00. The molecule has 0 spiro atoms. The van der Waals surface area contributed by atoms with Crippen molar-refractivity contribution in [2.75, 3.05) is 6.61 Å². The smallest absolute Gasteiger partial charge is 0.326 e. The Morgan fingerprint density at radius 3 is 2.38 bits per heavy atom. The Labute approximate surface area is 126 Å². The molecule has 0 saturated heterocycles. The molecule has 1 rings (SSSR count). The zero-order valence-corrected chi connectivity index (χ0v) is 13.6. The van der Waals surface area contributed by atoms with Gasteiger partial charge in [0.25, 0.3) is 0 Å². The van der Waals surface area contributed by atoms with Gasteiger partial charge in [-0.1, -0.05) is 34.1 Å². The van der Waals surface area contributed by atoms with Crippen molar-refractivity contribution < 1.29 is 19.4 Å². The van der Waals surface area contributed by atoms with Gasteiger partial charge >= 0.3 is 5.97 Å². The molecule has 0 heterocycles. The number of carbonyl (C=O) groups excluding carboxylic acids is 1. The van der Waals surface area contributed by atoms with Gasteiger partial charge in [0.1, 0.15) is 11.6 Å². The van der Waals surface area contributed by atoms with Gasteiger partial charge in [0.15, 0.2) is 0 Å². The molecule has 21 heavy (non-hydrogen) atoms. The van der Waals surface area contributed by atoms with Gasteiger partial charge in [0, 0.05) is 18.4 Å². The van der Waals surface area contributed by atoms with E-state index in [1.54, 1.807) is 6.92 Å². The fourth-order valence-electron chi connectivity index (χ4n) is 2.77. The van der Waals surface area contributed by atoms with Crippen LogP contribution in [-0.2, 0) is 14.3 Å². The zero-order valence-electron chi connectivity index (χ0n) is 13.6. The molecule has 0 aromatic rings. The summed E-state index contributed by atoms with van der Waals surface area (Å²) in [6.07, 6.45) is 0.997. The van der Waals surface area contributed by atoms with Gasteiger partial charge < -0.3 is 20.9 Å². The molecule has 0 aromatic heterocycles. The van der Waals surface area contributed by atoms with E-state index in [4.69, 9.17) is 10.5 Å². The molecule has 6 heteroatoms. The summed E-state index contributed by atoms with van der Waals surface area (Å²) in [5.41, 5.74) is 4.64. The lowest BCUT2D eigenvalue weighted by atomic mass is 9.54. The minimum Gasteiger partial charge on any atom is -0.480 e. The molecule has 1 amide bonds. The first-order chi connectivity index (χ1) is 9.61. The molecule has 0 aromatic carbocycles. The fourth-order valence-corrected chi connectivity index (χ4v) is 2.77. The Bertz CT molecular complexity index is 410. The van der Waals surface area contributed by atoms with Gasteiger partial charge in [0.05, 0.1) is 6.10 Å². The summed E-state index contributed by atoms with van der Waals surface area (Å²) < 4.78 is 5.58. The van der Waals surface area contributed by atoms with E-state index in [-0.39, 0.29) is 12.0 Å². The lowest BCUT2D eigenvalue weighted by Gasteiger charge is -2.57. The number of rotatable bonds is 7. The Balaban J connectivity index is 2.82. The number of nitrogens with one attached hydrogen (secondary N) is 1. The summed E-state index contributed by atoms with van der Waals surface area (Å²) in [5, 5.41) is 11.9. The first-order valence-electron chi connectivity index (χ1n) is 7.56. The monoisotopic (exact) mass is 300 g/mol. The number of carboxylic acids is 1. The zero-order chi connectivity index (χ0) is 16.4. The summed E-state index contributed by atoms with van der Waals surface area (Å²) in [6, 6.07) is -0.912. The van der Waals surface area contributed by atoms with Crippen LogP contribution in [0.15, 0.2) is 0 Å². The molecule has 0 bridgehead atoms. The van der Waals surface area contributed by atoms with E-state index in [9.17, 15) is 14.7 Å². The third-order valence-corrected chi connectivity index (χ3v) is 5.00. The number of ether oxygens (including phenoxy) is 1. The minimum atomic E-state index is -1.09. The largest absolute Gasteiger partial charge is 0.480 e. The number of hydrogen-bond acceptors (Lipinski definition) is 4. The summed E-state index contributed by atoms with van der Waals surface area (Å²) in [7, 11) is 0. The molecule has 4 N–H and O–H groups in total. The molecule has 1 fully saturated rings. The van der Waals surface area contributed by atoms with E-state index in [1.807, 2.05) is 27.7 Å². The number of nitrogens with two attached hydrogens (primary N) is 1. The second kappa shape index (κ2) is 6.32. The summed E-state index contributed by atoms with van der Waals surface area (Å²) in [5.74, 6) is -1.59. The molecule has 1 aliphatic carbocycles. The predicted octanol–water partition coefficient (Wildman–Crippen LogP) is 1.13. The van der Waals surface area contributed by atoms with Crippen LogP contribution in [0.1, 0.15) is 47.5 Å². The summed E-state index contributed by atoms with van der Waals surface area (Å²) in [6.45, 7) is 9.93. The Kier molecular flexibility index (Phi) is 5.39. The van der Waals surface area contributed by atoms with Crippen molar-refractivity contribution in [3.8, 4) is 0 Å². The lowest BCUT2D eigenvalue weighted by Crippen LogP contribution is -2.76. The highest BCUT2D eigenvalue weighted by atomic mass is 16.5. The highest BCUT2D eigenvalue weighted by molar-refractivity contribution is 5.92. The standard InChI is InChI=1S/C15H28N2O4/c1-6-9(3)11(12(18)19)17-13(20)15(16)8-10(21-7-2)14(15,4)5/h9-11H,6-8,16H2,1-5H3,(H,17,20)(H,18,19)/t9?,10?,11-,15?/m0/s1. The van der Waals surface area contributed by atoms with Crippen LogP contribution >= 0.6 is 0 Å². The second-order valence-corrected chi connectivity index (χ2v) is 6.52. The van der Waals surface area contributed by atoms with Gasteiger partial charge in [-0.15, -0.1) is 0 Å². The average molecular weight is 300 g/mol. The third kappa shape index (κ3) is 3.06. The maximum Gasteiger partial charge on any atom is 0.326 e. The Morgan fingerprint density at radius 1 is 1.43 bits per heavy atom. The first-order valence-corrected chi connectivity index (χ1v) is 7.56. The highest BCUT2D eigenvalue weighted by Crippen LogP contribution is 2.49. The van der Waals surface area contributed by atoms with Gasteiger partial charge in [0.2, 0.25) is 5.91 Å². The van der Waals surface area contributed by atoms with Crippen molar-refractivity contribution in [3.05, 3.63) is 0 Å². The maximum atomic E-state index is 12.5. The van der Waals surface area contributed by atoms with E-state index in [2.05, 4.69) is 5.32 Å². The van der Waals surface area contributed by atoms with Crippen molar-refractivity contribution in [3.63, 3.8) is 0 Å². The molecule has 1 saturated carbocycles. The molecular weight excluding hydrogens is 272 g/mol. The van der Waals surface area contributed by atoms with Crippen LogP contribution in [0.3, 0.4) is 0 Å². The first kappa shape index (κ1) is 17.9. The molecule has 3 unspecified atom stereocenters. The molecule has 0 aliphatic heterocycles. The van der Waals surface area contributed by atoms with Crippen molar-refractivity contribution in [2.45, 2.75) is 65.1 Å². The van der Waals surface area contributed by atoms with Crippen LogP contribution in [0.2, 0.25) is 0 Å². The Hall–Kier alpha value is -1.14. The normalized spacial score (nSPS) is 30.1. The average Bonchev–Trinajstić information content (AvgIpc) is 2.42. The van der Waals surface area contributed by atoms with E-state index >= 15 is 0 Å². The number of carboxylic acid groups (broad SMARTS) is 1. The fraction of sp³-hybridized carbons (Fsp3) is 0.867. The van der Waals surface area contributed by atoms with E-state index < -0.39 is 28.9 Å². The minimum absolute atomic E-state index is 0.0786. The van der Waals surface area contributed by atoms with Crippen LogP contribution in [0.4, 0.5) is 0 Å². The molecular formula is C15H28N2O4. The van der Waals surface area contributed by atoms with Crippen molar-refractivity contribution in [2.24, 2.45) is 17.1 Å². The number of amides is 1. The topological polar surface area (TPSA) is 102 Å². The van der Waals surface area contributed by atoms with Crippen LogP contribution in [0.5, 0.6) is 0 Å². The van der Waals surface area contributed by atoms with E-state index in [1.165, 1.54) is 0 Å². The van der Waals surface area contributed by atoms with Gasteiger partial charge in [-0.25, -0.2) is 4.79 Å². The van der Waals surface area contributed by atoms with Gasteiger partial charge in [-0.2, -0.15) is 0 Å². The summed E-state index contributed by atoms with van der Waals surface area (Å²) >= 11 is 0. The second-order valence-electron chi connectivity index (χ2n) is 6.52. The quantitative estimate of drug-likeness (QED) is 0.654. The van der Waals surface area contributed by atoms with E-state index in [0.29, 0.717) is 19.4 Å². The highest BCUT2D eigenvalue weighted by Gasteiger charge is 2.63. The van der Waals surface area contributed by atoms with Crippen LogP contribution < -0.4 is 11.1 Å². The van der Waals surface area contributed by atoms with Crippen LogP contribution in [-0.4, -0.2) is 41.3 Å². The molecule has 0 radical (unpaired) electrons. The SMILES string of the molecule is CCOC1CC(N)(C(=O)N[C@H](C(=O)O)C(C)CC)C1(C)C. The van der Waals surface area contributed by atoms with E-state index in [0.717, 1.165) is 0 Å². The van der Waals surface area contributed by atoms with Crippen LogP contribution in [0, 0.1) is 11.3 Å². The van der Waals surface area contributed by atoms with Crippen LogP contribution in [0.25, 0.3) is 0 Å². The maximum absolute atomic E-state index is 12.5. The van der Waals surface area contributed by atoms with Gasteiger partial charge in [-0.3, -0.25) is 4.79 Å². The molecule has 1 aliphatic rings. The lowest BCUT2D eigenvalue weighted by molar-refractivity contribution is -0.172. The predicted molar refractivity (Wildman–Crippen MR) is 79.8 cm³/mol. The van der Waals surface area contributed by atoms with Gasteiger partial charge in [-0.05, 0) is 12.8 Å². The molecule has 6 nitrogen and oxygen atoms in total. The number of carbonyl (C=O) groups is 2. The van der Waals surface area contributed by atoms with Crippen molar-refractivity contribution >= 4 is 11.9 Å². The molecule has 4 atom stereocenters. The van der Waals surface area contributed by atoms with Crippen molar-refractivity contribution in [1.29, 1.82) is 0 Å². The number of hydrogen-bond donors (Lipinski definition) is 3.